The van der Waals surface area contributed by atoms with Crippen molar-refractivity contribution in [2.45, 2.75) is 37.8 Å². The Morgan fingerprint density at radius 3 is 2.71 bits per heavy atom. The Balaban J connectivity index is 1.89. The van der Waals surface area contributed by atoms with Crippen LogP contribution < -0.4 is 0 Å². The fourth-order valence-corrected chi connectivity index (χ4v) is 3.19. The number of amides is 1. The van der Waals surface area contributed by atoms with E-state index in [4.69, 9.17) is 4.74 Å². The summed E-state index contributed by atoms with van der Waals surface area (Å²) in [7, 11) is 0. The molecule has 1 aliphatic heterocycles. The highest BCUT2D eigenvalue weighted by Crippen LogP contribution is 2.30. The molecule has 0 radical (unpaired) electrons. The third-order valence-corrected chi connectivity index (χ3v) is 4.26. The summed E-state index contributed by atoms with van der Waals surface area (Å²) in [6.07, 6.45) is 3.65. The molecule has 0 aromatic heterocycles. The number of morpholine rings is 1. The van der Waals surface area contributed by atoms with Gasteiger partial charge < -0.3 is 9.64 Å². The van der Waals surface area contributed by atoms with E-state index >= 15 is 0 Å². The van der Waals surface area contributed by atoms with Gasteiger partial charge in [0.2, 0.25) is 0 Å². The van der Waals surface area contributed by atoms with Crippen LogP contribution in [-0.2, 0) is 4.74 Å². The van der Waals surface area contributed by atoms with Gasteiger partial charge in [-0.3, -0.25) is 4.79 Å². The molecule has 114 valence electrons. The van der Waals surface area contributed by atoms with Gasteiger partial charge >= 0.3 is 0 Å². The molecule has 0 spiro atoms. The number of halogens is 3. The Morgan fingerprint density at radius 1 is 1.14 bits per heavy atom. The molecule has 3 nitrogen and oxygen atoms in total. The average molecular weight is 299 g/mol. The Kier molecular flexibility index (Phi) is 3.89. The number of hydrogen-bond acceptors (Lipinski definition) is 2. The molecular weight excluding hydrogens is 283 g/mol. The molecule has 1 aromatic carbocycles. The fourth-order valence-electron chi connectivity index (χ4n) is 3.19. The minimum Gasteiger partial charge on any atom is -0.374 e. The van der Waals surface area contributed by atoms with Crippen molar-refractivity contribution in [1.82, 2.24) is 4.90 Å². The van der Waals surface area contributed by atoms with Crippen LogP contribution in [0.5, 0.6) is 0 Å². The predicted octanol–water partition coefficient (Wildman–Crippen LogP) is 2.89. The van der Waals surface area contributed by atoms with Crippen molar-refractivity contribution in [2.75, 3.05) is 13.2 Å². The molecule has 1 amide bonds. The molecule has 1 saturated heterocycles. The van der Waals surface area contributed by atoms with Crippen LogP contribution in [-0.4, -0.2) is 36.1 Å². The predicted molar refractivity (Wildman–Crippen MR) is 69.3 cm³/mol. The molecule has 3 rings (SSSR count). The standard InChI is InChI=1S/C15H16F3NO2/c16-10-6-5-9(13(17)14(10)18)15(20)19-7-8-21-12-4-2-1-3-11(12)19/h5-6,11-12H,1-4,7-8H2/t11-,12-/m1/s1. The number of nitrogens with zero attached hydrogens (tertiary/aromatic N) is 1. The summed E-state index contributed by atoms with van der Waals surface area (Å²) in [5.74, 6) is -4.90. The summed E-state index contributed by atoms with van der Waals surface area (Å²) >= 11 is 0. The van der Waals surface area contributed by atoms with Crippen molar-refractivity contribution in [3.8, 4) is 0 Å². The lowest BCUT2D eigenvalue weighted by atomic mass is 9.89. The highest BCUT2D eigenvalue weighted by atomic mass is 19.2. The van der Waals surface area contributed by atoms with Gasteiger partial charge in [-0.2, -0.15) is 0 Å². The second-order valence-electron chi connectivity index (χ2n) is 5.48. The quantitative estimate of drug-likeness (QED) is 0.746. The zero-order valence-corrected chi connectivity index (χ0v) is 11.4. The maximum absolute atomic E-state index is 13.8. The molecule has 0 bridgehead atoms. The average Bonchev–Trinajstić information content (AvgIpc) is 2.51. The minimum absolute atomic E-state index is 0.0372. The van der Waals surface area contributed by atoms with Gasteiger partial charge in [0.25, 0.3) is 5.91 Å². The van der Waals surface area contributed by atoms with Crippen LogP contribution in [0.25, 0.3) is 0 Å². The van der Waals surface area contributed by atoms with Crippen LogP contribution in [0.1, 0.15) is 36.0 Å². The zero-order chi connectivity index (χ0) is 15.0. The van der Waals surface area contributed by atoms with Crippen molar-refractivity contribution in [3.05, 3.63) is 35.1 Å². The molecular formula is C15H16F3NO2. The van der Waals surface area contributed by atoms with E-state index in [0.717, 1.165) is 37.8 Å². The first-order valence-corrected chi connectivity index (χ1v) is 7.15. The van der Waals surface area contributed by atoms with Gasteiger partial charge in [0.15, 0.2) is 17.5 Å². The maximum Gasteiger partial charge on any atom is 0.257 e. The summed E-state index contributed by atoms with van der Waals surface area (Å²) in [5.41, 5.74) is -0.417. The third kappa shape index (κ3) is 2.52. The number of hydrogen-bond donors (Lipinski definition) is 0. The summed E-state index contributed by atoms with van der Waals surface area (Å²) < 4.78 is 45.7. The third-order valence-electron chi connectivity index (χ3n) is 4.26. The van der Waals surface area contributed by atoms with Crippen LogP contribution in [0.3, 0.4) is 0 Å². The van der Waals surface area contributed by atoms with E-state index in [0.29, 0.717) is 13.2 Å². The molecule has 1 heterocycles. The van der Waals surface area contributed by atoms with Gasteiger partial charge in [0.05, 0.1) is 24.3 Å². The number of carbonyl (C=O) groups is 1. The second kappa shape index (κ2) is 5.67. The van der Waals surface area contributed by atoms with Gasteiger partial charge in [-0.25, -0.2) is 13.2 Å². The van der Waals surface area contributed by atoms with Crippen LogP contribution in [0.2, 0.25) is 0 Å². The number of fused-ring (bicyclic) bond motifs is 1. The van der Waals surface area contributed by atoms with Crippen molar-refractivity contribution >= 4 is 5.91 Å². The van der Waals surface area contributed by atoms with Gasteiger partial charge in [-0.05, 0) is 25.0 Å². The molecule has 2 fully saturated rings. The Morgan fingerprint density at radius 2 is 1.90 bits per heavy atom. The van der Waals surface area contributed by atoms with Crippen molar-refractivity contribution < 1.29 is 22.7 Å². The van der Waals surface area contributed by atoms with Gasteiger partial charge in [-0.1, -0.05) is 12.8 Å². The lowest BCUT2D eigenvalue weighted by Gasteiger charge is -2.43. The lowest BCUT2D eigenvalue weighted by molar-refractivity contribution is -0.0754. The first-order chi connectivity index (χ1) is 10.1. The van der Waals surface area contributed by atoms with E-state index in [1.165, 1.54) is 0 Å². The number of carbonyl (C=O) groups excluding carboxylic acids is 1. The van der Waals surface area contributed by atoms with E-state index < -0.39 is 28.9 Å². The fraction of sp³-hybridized carbons (Fsp3) is 0.533. The molecule has 6 heteroatoms. The van der Waals surface area contributed by atoms with E-state index in [-0.39, 0.29) is 12.1 Å². The van der Waals surface area contributed by atoms with E-state index in [9.17, 15) is 18.0 Å². The molecule has 1 aliphatic carbocycles. The number of ether oxygens (including phenoxy) is 1. The molecule has 0 N–H and O–H groups in total. The van der Waals surface area contributed by atoms with Crippen LogP contribution in [0.15, 0.2) is 12.1 Å². The highest BCUT2D eigenvalue weighted by Gasteiger charge is 2.38. The highest BCUT2D eigenvalue weighted by molar-refractivity contribution is 5.94. The smallest absolute Gasteiger partial charge is 0.257 e. The SMILES string of the molecule is O=C(c1ccc(F)c(F)c1F)N1CCO[C@@H]2CCCC[C@H]21. The van der Waals surface area contributed by atoms with Crippen molar-refractivity contribution in [1.29, 1.82) is 0 Å². The molecule has 2 aliphatic rings. The first-order valence-electron chi connectivity index (χ1n) is 7.15. The molecule has 2 atom stereocenters. The van der Waals surface area contributed by atoms with Gasteiger partial charge in [0.1, 0.15) is 0 Å². The topological polar surface area (TPSA) is 29.5 Å². The largest absolute Gasteiger partial charge is 0.374 e. The molecule has 21 heavy (non-hydrogen) atoms. The monoisotopic (exact) mass is 299 g/mol. The zero-order valence-electron chi connectivity index (χ0n) is 11.4. The maximum atomic E-state index is 13.8. The number of rotatable bonds is 1. The van der Waals surface area contributed by atoms with Gasteiger partial charge in [0, 0.05) is 6.54 Å². The van der Waals surface area contributed by atoms with Crippen LogP contribution in [0, 0.1) is 17.5 Å². The van der Waals surface area contributed by atoms with E-state index in [1.807, 2.05) is 0 Å². The number of benzene rings is 1. The molecule has 1 aromatic rings. The van der Waals surface area contributed by atoms with E-state index in [1.54, 1.807) is 4.90 Å². The lowest BCUT2D eigenvalue weighted by Crippen LogP contribution is -2.55. The van der Waals surface area contributed by atoms with Crippen molar-refractivity contribution in [3.63, 3.8) is 0 Å². The Bertz CT molecular complexity index is 562. The second-order valence-corrected chi connectivity index (χ2v) is 5.48. The molecule has 0 unspecified atom stereocenters. The first kappa shape index (κ1) is 14.4. The van der Waals surface area contributed by atoms with Crippen molar-refractivity contribution in [2.24, 2.45) is 0 Å². The Labute approximate surface area is 120 Å². The summed E-state index contributed by atoms with van der Waals surface area (Å²) in [6.45, 7) is 0.733. The van der Waals surface area contributed by atoms with Gasteiger partial charge in [-0.15, -0.1) is 0 Å². The normalized spacial score (nSPS) is 25.6. The van der Waals surface area contributed by atoms with Crippen LogP contribution in [0.4, 0.5) is 13.2 Å². The summed E-state index contributed by atoms with van der Waals surface area (Å²) in [5, 5.41) is 0. The Hall–Kier alpha value is -1.56. The van der Waals surface area contributed by atoms with E-state index in [2.05, 4.69) is 0 Å². The van der Waals surface area contributed by atoms with Crippen LogP contribution >= 0.6 is 0 Å². The molecule has 1 saturated carbocycles. The summed E-state index contributed by atoms with van der Waals surface area (Å²) in [4.78, 5) is 14.0. The minimum atomic E-state index is -1.60. The summed E-state index contributed by atoms with van der Waals surface area (Å²) in [6, 6.07) is 1.68.